The summed E-state index contributed by atoms with van der Waals surface area (Å²) in [6, 6.07) is 0. The third kappa shape index (κ3) is 1.80. The fraction of sp³-hybridized carbons (Fsp3) is 0.818. The molecule has 2 fully saturated rings. The summed E-state index contributed by atoms with van der Waals surface area (Å²) in [4.78, 5) is 24.5. The molecule has 5 heteroatoms. The Morgan fingerprint density at radius 1 is 1.56 bits per heavy atom. The van der Waals surface area contributed by atoms with Gasteiger partial charge in [-0.2, -0.15) is 0 Å². The molecule has 0 N–H and O–H groups in total. The SMILES string of the molecule is CC(C)(C)OC(=O)N1CC2CC1(C=O)CO2. The predicted octanol–water partition coefficient (Wildman–Crippen LogP) is 0.964. The van der Waals surface area contributed by atoms with Gasteiger partial charge in [0.15, 0.2) is 0 Å². The van der Waals surface area contributed by atoms with Crippen LogP contribution in [0, 0.1) is 0 Å². The van der Waals surface area contributed by atoms with E-state index in [1.807, 2.05) is 20.8 Å². The zero-order valence-corrected chi connectivity index (χ0v) is 9.86. The van der Waals surface area contributed by atoms with Crippen molar-refractivity contribution in [2.45, 2.75) is 44.4 Å². The summed E-state index contributed by atoms with van der Waals surface area (Å²) in [5.41, 5.74) is -1.32. The van der Waals surface area contributed by atoms with E-state index in [2.05, 4.69) is 0 Å². The lowest BCUT2D eigenvalue weighted by Crippen LogP contribution is -2.54. The van der Waals surface area contributed by atoms with E-state index in [9.17, 15) is 9.59 Å². The number of carbonyl (C=O) groups excluding carboxylic acids is 2. The molecule has 0 aromatic carbocycles. The first-order valence-electron chi connectivity index (χ1n) is 5.45. The van der Waals surface area contributed by atoms with E-state index in [0.717, 1.165) is 6.29 Å². The van der Waals surface area contributed by atoms with Gasteiger partial charge < -0.3 is 14.3 Å². The molecule has 2 bridgehead atoms. The highest BCUT2D eigenvalue weighted by Gasteiger charge is 2.55. The van der Waals surface area contributed by atoms with Gasteiger partial charge in [0.25, 0.3) is 0 Å². The van der Waals surface area contributed by atoms with Crippen molar-refractivity contribution >= 4 is 12.4 Å². The van der Waals surface area contributed by atoms with Gasteiger partial charge in [0.1, 0.15) is 17.4 Å². The second-order valence-electron chi connectivity index (χ2n) is 5.45. The Labute approximate surface area is 94.7 Å². The second-order valence-corrected chi connectivity index (χ2v) is 5.45. The van der Waals surface area contributed by atoms with E-state index in [0.29, 0.717) is 19.6 Å². The number of fused-ring (bicyclic) bond motifs is 2. The zero-order valence-electron chi connectivity index (χ0n) is 9.86. The molecule has 0 aromatic heterocycles. The minimum absolute atomic E-state index is 0.0160. The number of carbonyl (C=O) groups is 2. The van der Waals surface area contributed by atoms with Crippen LogP contribution in [0.3, 0.4) is 0 Å². The van der Waals surface area contributed by atoms with E-state index in [1.165, 1.54) is 4.90 Å². The maximum atomic E-state index is 11.9. The van der Waals surface area contributed by atoms with Crippen molar-refractivity contribution in [1.82, 2.24) is 4.90 Å². The molecule has 0 spiro atoms. The first-order valence-corrected chi connectivity index (χ1v) is 5.45. The summed E-state index contributed by atoms with van der Waals surface area (Å²) in [5.74, 6) is 0. The van der Waals surface area contributed by atoms with Gasteiger partial charge in [-0.15, -0.1) is 0 Å². The number of aldehydes is 1. The van der Waals surface area contributed by atoms with Gasteiger partial charge in [-0.25, -0.2) is 4.79 Å². The molecule has 0 radical (unpaired) electrons. The van der Waals surface area contributed by atoms with E-state index in [-0.39, 0.29) is 6.10 Å². The van der Waals surface area contributed by atoms with Crippen LogP contribution in [0.1, 0.15) is 27.2 Å². The first kappa shape index (κ1) is 11.4. The fourth-order valence-electron chi connectivity index (χ4n) is 2.18. The van der Waals surface area contributed by atoms with Crippen molar-refractivity contribution in [3.05, 3.63) is 0 Å². The molecule has 2 atom stereocenters. The number of hydrogen-bond donors (Lipinski definition) is 0. The summed E-state index contributed by atoms with van der Waals surface area (Å²) >= 11 is 0. The van der Waals surface area contributed by atoms with Gasteiger partial charge in [0.05, 0.1) is 19.3 Å². The van der Waals surface area contributed by atoms with Crippen LogP contribution in [0.4, 0.5) is 4.79 Å². The van der Waals surface area contributed by atoms with Crippen molar-refractivity contribution in [3.63, 3.8) is 0 Å². The van der Waals surface area contributed by atoms with Crippen molar-refractivity contribution in [2.24, 2.45) is 0 Å². The summed E-state index contributed by atoms with van der Waals surface area (Å²) in [6.45, 7) is 6.17. The molecule has 0 saturated carbocycles. The molecule has 2 heterocycles. The van der Waals surface area contributed by atoms with Crippen molar-refractivity contribution in [3.8, 4) is 0 Å². The van der Waals surface area contributed by atoms with Crippen LogP contribution < -0.4 is 0 Å². The minimum Gasteiger partial charge on any atom is -0.444 e. The number of ether oxygens (including phenoxy) is 2. The number of nitrogens with zero attached hydrogens (tertiary/aromatic N) is 1. The molecule has 90 valence electrons. The van der Waals surface area contributed by atoms with Crippen molar-refractivity contribution < 1.29 is 19.1 Å². The van der Waals surface area contributed by atoms with Gasteiger partial charge >= 0.3 is 6.09 Å². The molecule has 2 aliphatic heterocycles. The van der Waals surface area contributed by atoms with Crippen LogP contribution in [0.15, 0.2) is 0 Å². The Morgan fingerprint density at radius 2 is 2.25 bits per heavy atom. The van der Waals surface area contributed by atoms with Gasteiger partial charge in [-0.3, -0.25) is 4.90 Å². The topological polar surface area (TPSA) is 55.8 Å². The standard InChI is InChI=1S/C11H17NO4/c1-10(2,3)16-9(14)12-5-8-4-11(12,6-13)7-15-8/h6,8H,4-5,7H2,1-3H3. The van der Waals surface area contributed by atoms with Crippen molar-refractivity contribution in [1.29, 1.82) is 0 Å². The molecule has 0 aliphatic carbocycles. The zero-order chi connectivity index (χ0) is 12.0. The van der Waals surface area contributed by atoms with Crippen LogP contribution in [0.5, 0.6) is 0 Å². The van der Waals surface area contributed by atoms with Crippen LogP contribution in [-0.2, 0) is 14.3 Å². The minimum atomic E-state index is -0.785. The highest BCUT2D eigenvalue weighted by molar-refractivity contribution is 5.78. The molecule has 16 heavy (non-hydrogen) atoms. The summed E-state index contributed by atoms with van der Waals surface area (Å²) < 4.78 is 10.6. The lowest BCUT2D eigenvalue weighted by Gasteiger charge is -2.35. The average Bonchev–Trinajstić information content (AvgIpc) is 2.72. The van der Waals surface area contributed by atoms with Gasteiger partial charge in [0, 0.05) is 6.42 Å². The van der Waals surface area contributed by atoms with Crippen LogP contribution in [0.25, 0.3) is 0 Å². The van der Waals surface area contributed by atoms with E-state index in [4.69, 9.17) is 9.47 Å². The molecule has 2 aliphatic rings. The molecule has 1 amide bonds. The van der Waals surface area contributed by atoms with Crippen LogP contribution >= 0.6 is 0 Å². The fourth-order valence-corrected chi connectivity index (χ4v) is 2.18. The Bertz CT molecular complexity index is 322. The number of rotatable bonds is 1. The van der Waals surface area contributed by atoms with Crippen molar-refractivity contribution in [2.75, 3.05) is 13.2 Å². The molecule has 2 unspecified atom stereocenters. The largest absolute Gasteiger partial charge is 0.444 e. The first-order chi connectivity index (χ1) is 7.36. The Morgan fingerprint density at radius 3 is 2.75 bits per heavy atom. The highest BCUT2D eigenvalue weighted by Crippen LogP contribution is 2.37. The maximum absolute atomic E-state index is 11.9. The number of hydrogen-bond acceptors (Lipinski definition) is 4. The molecule has 2 saturated heterocycles. The Hall–Kier alpha value is -1.10. The molecule has 0 aromatic rings. The van der Waals surface area contributed by atoms with Gasteiger partial charge in [-0.05, 0) is 20.8 Å². The summed E-state index contributed by atoms with van der Waals surface area (Å²) in [5, 5.41) is 0. The second kappa shape index (κ2) is 3.45. The van der Waals surface area contributed by atoms with Gasteiger partial charge in [0.2, 0.25) is 0 Å². The number of likely N-dealkylation sites (tertiary alicyclic amines) is 1. The highest BCUT2D eigenvalue weighted by atomic mass is 16.6. The number of amides is 1. The summed E-state index contributed by atoms with van der Waals surface area (Å²) in [7, 11) is 0. The maximum Gasteiger partial charge on any atom is 0.411 e. The van der Waals surface area contributed by atoms with E-state index in [1.54, 1.807) is 0 Å². The monoisotopic (exact) mass is 227 g/mol. The smallest absolute Gasteiger partial charge is 0.411 e. The molecule has 2 rings (SSSR count). The third-order valence-electron chi connectivity index (χ3n) is 2.91. The van der Waals surface area contributed by atoms with Crippen LogP contribution in [0.2, 0.25) is 0 Å². The average molecular weight is 227 g/mol. The lowest BCUT2D eigenvalue weighted by atomic mass is 10.0. The third-order valence-corrected chi connectivity index (χ3v) is 2.91. The number of morpholine rings is 1. The van der Waals surface area contributed by atoms with Gasteiger partial charge in [-0.1, -0.05) is 0 Å². The quantitative estimate of drug-likeness (QED) is 0.626. The lowest BCUT2D eigenvalue weighted by molar-refractivity contribution is -0.120. The molecular formula is C11H17NO4. The molecular weight excluding hydrogens is 210 g/mol. The van der Waals surface area contributed by atoms with E-state index < -0.39 is 17.2 Å². The van der Waals surface area contributed by atoms with E-state index >= 15 is 0 Å². The summed E-state index contributed by atoms with van der Waals surface area (Å²) in [6.07, 6.45) is 0.961. The van der Waals surface area contributed by atoms with Crippen LogP contribution in [-0.4, -0.2) is 47.7 Å². The molecule has 5 nitrogen and oxygen atoms in total. The Kier molecular flexibility index (Phi) is 2.45. The normalized spacial score (nSPS) is 32.9. The predicted molar refractivity (Wildman–Crippen MR) is 56.1 cm³/mol. The Balaban J connectivity index is 2.11.